The van der Waals surface area contributed by atoms with Gasteiger partial charge in [0.1, 0.15) is 11.5 Å². The molecule has 0 saturated carbocycles. The largest absolute Gasteiger partial charge is 0.508 e. The Morgan fingerprint density at radius 3 is 1.33 bits per heavy atom. The van der Waals surface area contributed by atoms with Gasteiger partial charge in [-0.25, -0.2) is 9.59 Å². The molecule has 0 saturated heterocycles. The lowest BCUT2D eigenvalue weighted by Gasteiger charge is -2.24. The lowest BCUT2D eigenvalue weighted by atomic mass is 9.94. The molecule has 0 atom stereocenters. The van der Waals surface area contributed by atoms with E-state index >= 15 is 0 Å². The van der Waals surface area contributed by atoms with Gasteiger partial charge in [-0.3, -0.25) is 0 Å². The molecular weight excluding hydrogens is 352 g/mol. The van der Waals surface area contributed by atoms with Gasteiger partial charge in [-0.1, -0.05) is 0 Å². The number of aromatic carboxylic acids is 2. The van der Waals surface area contributed by atoms with E-state index in [2.05, 4.69) is 0 Å². The summed E-state index contributed by atoms with van der Waals surface area (Å²) < 4.78 is 0. The van der Waals surface area contributed by atoms with Crippen molar-refractivity contribution in [1.82, 2.24) is 0 Å². The van der Waals surface area contributed by atoms with E-state index in [0.29, 0.717) is 0 Å². The third-order valence-electron chi connectivity index (χ3n) is 4.22. The second-order valence-electron chi connectivity index (χ2n) is 6.49. The molecule has 0 unspecified atom stereocenters. The maximum absolute atomic E-state index is 11.6. The molecule has 0 amide bonds. The molecule has 8 heteroatoms. The number of nitrogens with zero attached hydrogens (tertiary/aromatic N) is 2. The number of hydrogen-bond donors (Lipinski definition) is 4. The Morgan fingerprint density at radius 1 is 0.741 bits per heavy atom. The Hall–Kier alpha value is -3.42. The Kier molecular flexibility index (Phi) is 5.49. The van der Waals surface area contributed by atoms with Crippen molar-refractivity contribution in [3.63, 3.8) is 0 Å². The van der Waals surface area contributed by atoms with Crippen LogP contribution in [0, 0.1) is 0 Å². The van der Waals surface area contributed by atoms with Gasteiger partial charge in [-0.05, 0) is 24.3 Å². The van der Waals surface area contributed by atoms with Crippen LogP contribution in [0.4, 0.5) is 11.4 Å². The van der Waals surface area contributed by atoms with Crippen molar-refractivity contribution in [1.29, 1.82) is 0 Å². The molecule has 2 aromatic carbocycles. The fourth-order valence-electron chi connectivity index (χ4n) is 3.14. The molecule has 0 fully saturated rings. The summed E-state index contributed by atoms with van der Waals surface area (Å²) in [6, 6.07) is 5.16. The number of carboxylic acid groups (broad SMARTS) is 2. The summed E-state index contributed by atoms with van der Waals surface area (Å²) in [5.41, 5.74) is 1.11. The van der Waals surface area contributed by atoms with Crippen LogP contribution in [-0.2, 0) is 6.42 Å². The van der Waals surface area contributed by atoms with Gasteiger partial charge in [-0.15, -0.1) is 0 Å². The molecule has 144 valence electrons. The van der Waals surface area contributed by atoms with Crippen molar-refractivity contribution in [2.75, 3.05) is 38.0 Å². The lowest BCUT2D eigenvalue weighted by molar-refractivity contribution is 0.0686. The van der Waals surface area contributed by atoms with Crippen LogP contribution in [0.25, 0.3) is 0 Å². The molecule has 4 N–H and O–H groups in total. The van der Waals surface area contributed by atoms with Gasteiger partial charge in [0.05, 0.1) is 22.5 Å². The molecule has 0 aliphatic heterocycles. The van der Waals surface area contributed by atoms with Crippen LogP contribution in [0.5, 0.6) is 11.5 Å². The predicted molar refractivity (Wildman–Crippen MR) is 102 cm³/mol. The van der Waals surface area contributed by atoms with E-state index in [-0.39, 0.29) is 51.5 Å². The molecule has 0 radical (unpaired) electrons. The van der Waals surface area contributed by atoms with E-state index in [1.165, 1.54) is 24.3 Å². The second-order valence-corrected chi connectivity index (χ2v) is 6.49. The zero-order valence-corrected chi connectivity index (χ0v) is 15.5. The van der Waals surface area contributed by atoms with Crippen molar-refractivity contribution in [2.24, 2.45) is 0 Å². The Morgan fingerprint density at radius 2 is 1.07 bits per heavy atom. The van der Waals surface area contributed by atoms with E-state index < -0.39 is 11.9 Å². The summed E-state index contributed by atoms with van der Waals surface area (Å²) in [7, 11) is 6.58. The molecular formula is C19H22N2O6. The second kappa shape index (κ2) is 7.45. The smallest absolute Gasteiger partial charge is 0.337 e. The van der Waals surface area contributed by atoms with Crippen molar-refractivity contribution in [3.8, 4) is 11.5 Å². The van der Waals surface area contributed by atoms with E-state index in [4.69, 9.17) is 0 Å². The van der Waals surface area contributed by atoms with Crippen LogP contribution in [0.15, 0.2) is 24.3 Å². The van der Waals surface area contributed by atoms with Crippen LogP contribution in [-0.4, -0.2) is 60.6 Å². The monoisotopic (exact) mass is 374 g/mol. The number of aromatic hydroxyl groups is 2. The summed E-state index contributed by atoms with van der Waals surface area (Å²) in [5.74, 6) is -2.60. The van der Waals surface area contributed by atoms with Gasteiger partial charge >= 0.3 is 11.9 Å². The van der Waals surface area contributed by atoms with Crippen LogP contribution >= 0.6 is 0 Å². The van der Waals surface area contributed by atoms with Crippen LogP contribution in [0.1, 0.15) is 31.8 Å². The fourth-order valence-corrected chi connectivity index (χ4v) is 3.14. The number of benzene rings is 2. The van der Waals surface area contributed by atoms with E-state index in [9.17, 15) is 30.0 Å². The SMILES string of the molecule is CN(C)c1c(C(=O)O)ccc(O)c1Cc1c(O)ccc(C(=O)O)c1N(C)C. The minimum Gasteiger partial charge on any atom is -0.508 e. The Bertz CT molecular complexity index is 832. The van der Waals surface area contributed by atoms with Gasteiger partial charge in [0.15, 0.2) is 0 Å². The number of rotatable bonds is 6. The molecule has 0 spiro atoms. The molecule has 27 heavy (non-hydrogen) atoms. The first-order chi connectivity index (χ1) is 12.6. The number of anilines is 2. The zero-order chi connectivity index (χ0) is 20.5. The van der Waals surface area contributed by atoms with Crippen molar-refractivity contribution in [2.45, 2.75) is 6.42 Å². The minimum absolute atomic E-state index is 0.00641. The first-order valence-corrected chi connectivity index (χ1v) is 8.07. The molecule has 0 aliphatic carbocycles. The highest BCUT2D eigenvalue weighted by molar-refractivity contribution is 5.97. The average Bonchev–Trinajstić information content (AvgIpc) is 2.56. The van der Waals surface area contributed by atoms with Crippen molar-refractivity contribution < 1.29 is 30.0 Å². The van der Waals surface area contributed by atoms with E-state index in [1.807, 2.05) is 0 Å². The van der Waals surface area contributed by atoms with E-state index in [0.717, 1.165) is 0 Å². The number of carbonyl (C=O) groups is 2. The highest BCUT2D eigenvalue weighted by atomic mass is 16.4. The first-order valence-electron chi connectivity index (χ1n) is 8.07. The molecule has 2 aromatic rings. The van der Waals surface area contributed by atoms with Crippen LogP contribution in [0.2, 0.25) is 0 Å². The normalized spacial score (nSPS) is 10.5. The summed E-state index contributed by atoms with van der Waals surface area (Å²) in [6.07, 6.45) is -0.0546. The number of hydrogen-bond acceptors (Lipinski definition) is 6. The molecule has 0 aromatic heterocycles. The van der Waals surface area contributed by atoms with Crippen molar-refractivity contribution in [3.05, 3.63) is 46.5 Å². The Labute approximate surface area is 156 Å². The molecule has 8 nitrogen and oxygen atoms in total. The summed E-state index contributed by atoms with van der Waals surface area (Å²) in [4.78, 5) is 26.3. The van der Waals surface area contributed by atoms with Gasteiger partial charge in [0, 0.05) is 45.7 Å². The molecule has 0 heterocycles. The summed E-state index contributed by atoms with van der Waals surface area (Å²) in [5, 5.41) is 39.7. The number of phenols is 2. The third-order valence-corrected chi connectivity index (χ3v) is 4.22. The maximum Gasteiger partial charge on any atom is 0.337 e. The molecule has 0 bridgehead atoms. The van der Waals surface area contributed by atoms with Crippen molar-refractivity contribution >= 4 is 23.3 Å². The van der Waals surface area contributed by atoms with Gasteiger partial charge < -0.3 is 30.2 Å². The highest BCUT2D eigenvalue weighted by Crippen LogP contribution is 2.39. The fraction of sp³-hybridized carbons (Fsp3) is 0.263. The third kappa shape index (κ3) is 3.74. The lowest BCUT2D eigenvalue weighted by Crippen LogP contribution is -2.19. The summed E-state index contributed by atoms with van der Waals surface area (Å²) >= 11 is 0. The topological polar surface area (TPSA) is 122 Å². The van der Waals surface area contributed by atoms with Gasteiger partial charge in [0.2, 0.25) is 0 Å². The van der Waals surface area contributed by atoms with E-state index in [1.54, 1.807) is 38.0 Å². The van der Waals surface area contributed by atoms with Gasteiger partial charge in [0.25, 0.3) is 0 Å². The number of phenolic OH excluding ortho intramolecular Hbond substituents is 2. The Balaban J connectivity index is 2.78. The molecule has 2 rings (SSSR count). The van der Waals surface area contributed by atoms with Crippen LogP contribution in [0.3, 0.4) is 0 Å². The highest BCUT2D eigenvalue weighted by Gasteiger charge is 2.24. The predicted octanol–water partition coefficient (Wildman–Crippen LogP) is 2.22. The summed E-state index contributed by atoms with van der Waals surface area (Å²) in [6.45, 7) is 0. The van der Waals surface area contributed by atoms with Crippen LogP contribution < -0.4 is 9.80 Å². The quantitative estimate of drug-likeness (QED) is 0.607. The standard InChI is InChI=1S/C19H22N2O6/c1-20(2)16-10(18(24)25)5-7-14(22)12(16)9-13-15(23)8-6-11(19(26)27)17(13)21(3)4/h5-8,22-23H,9H2,1-4H3,(H,24,25)(H,26,27). The van der Waals surface area contributed by atoms with Gasteiger partial charge in [-0.2, -0.15) is 0 Å². The molecule has 0 aliphatic rings. The maximum atomic E-state index is 11.6. The average molecular weight is 374 g/mol. The zero-order valence-electron chi connectivity index (χ0n) is 15.5. The minimum atomic E-state index is -1.16. The number of carboxylic acids is 2. The first kappa shape index (κ1) is 19.9.